The fourth-order valence-corrected chi connectivity index (χ4v) is 1.00. The highest BCUT2D eigenvalue weighted by Crippen LogP contribution is 2.09. The summed E-state index contributed by atoms with van der Waals surface area (Å²) in [6.45, 7) is 2.63. The van der Waals surface area contributed by atoms with Crippen molar-refractivity contribution in [1.82, 2.24) is 4.98 Å². The van der Waals surface area contributed by atoms with Gasteiger partial charge >= 0.3 is 0 Å². The van der Waals surface area contributed by atoms with Crippen LogP contribution >= 0.6 is 0 Å². The Balaban J connectivity index is 2.54. The maximum Gasteiger partial charge on any atom is 0.181 e. The lowest BCUT2D eigenvalue weighted by atomic mass is 10.2. The molecule has 0 atom stereocenters. The Hall–Kier alpha value is -0.830. The van der Waals surface area contributed by atoms with Crippen molar-refractivity contribution in [3.05, 3.63) is 17.8 Å². The molecule has 0 aromatic carbocycles. The predicted molar refractivity (Wildman–Crippen MR) is 43.0 cm³/mol. The van der Waals surface area contributed by atoms with Crippen LogP contribution in [0.2, 0.25) is 0 Å². The van der Waals surface area contributed by atoms with Crippen molar-refractivity contribution in [2.45, 2.75) is 32.7 Å². The standard InChI is InChI=1S/C8H14N2O/c1-2-3-4-8-7(5-9)10-6-11-8/h6H,2-5,9H2,1H3. The van der Waals surface area contributed by atoms with Crippen molar-refractivity contribution in [1.29, 1.82) is 0 Å². The van der Waals surface area contributed by atoms with E-state index < -0.39 is 0 Å². The highest BCUT2D eigenvalue weighted by Gasteiger charge is 2.04. The zero-order valence-corrected chi connectivity index (χ0v) is 6.84. The Kier molecular flexibility index (Phi) is 3.11. The summed E-state index contributed by atoms with van der Waals surface area (Å²) < 4.78 is 5.17. The SMILES string of the molecule is CCCCc1ocnc1CN. The van der Waals surface area contributed by atoms with Gasteiger partial charge in [0.05, 0.1) is 5.69 Å². The Morgan fingerprint density at radius 2 is 2.45 bits per heavy atom. The molecule has 1 aromatic rings. The molecule has 1 aromatic heterocycles. The van der Waals surface area contributed by atoms with Gasteiger partial charge in [-0.1, -0.05) is 13.3 Å². The van der Waals surface area contributed by atoms with Gasteiger partial charge in [-0.3, -0.25) is 0 Å². The number of hydrogen-bond acceptors (Lipinski definition) is 3. The van der Waals surface area contributed by atoms with Crippen LogP contribution in [0, 0.1) is 0 Å². The van der Waals surface area contributed by atoms with Gasteiger partial charge in [0.2, 0.25) is 0 Å². The topological polar surface area (TPSA) is 52.0 Å². The predicted octanol–water partition coefficient (Wildman–Crippen LogP) is 1.48. The third kappa shape index (κ3) is 2.05. The number of unbranched alkanes of at least 4 members (excludes halogenated alkanes) is 1. The zero-order valence-electron chi connectivity index (χ0n) is 6.84. The summed E-state index contributed by atoms with van der Waals surface area (Å²) in [5.41, 5.74) is 6.35. The van der Waals surface area contributed by atoms with E-state index >= 15 is 0 Å². The molecule has 0 radical (unpaired) electrons. The maximum absolute atomic E-state index is 5.44. The molecular formula is C8H14N2O. The molecule has 1 rings (SSSR count). The van der Waals surface area contributed by atoms with Crippen molar-refractivity contribution < 1.29 is 4.42 Å². The summed E-state index contributed by atoms with van der Waals surface area (Å²) in [4.78, 5) is 4.00. The normalized spacial score (nSPS) is 10.4. The molecule has 3 nitrogen and oxygen atoms in total. The van der Waals surface area contributed by atoms with Gasteiger partial charge in [0, 0.05) is 13.0 Å². The quantitative estimate of drug-likeness (QED) is 0.714. The lowest BCUT2D eigenvalue weighted by molar-refractivity contribution is 0.492. The Morgan fingerprint density at radius 3 is 3.09 bits per heavy atom. The first-order chi connectivity index (χ1) is 5.38. The maximum atomic E-state index is 5.44. The van der Waals surface area contributed by atoms with Gasteiger partial charge in [0.15, 0.2) is 6.39 Å². The second-order valence-electron chi connectivity index (χ2n) is 2.53. The molecule has 3 heteroatoms. The fraction of sp³-hybridized carbons (Fsp3) is 0.625. The first-order valence-electron chi connectivity index (χ1n) is 3.99. The first-order valence-corrected chi connectivity index (χ1v) is 3.99. The molecule has 11 heavy (non-hydrogen) atoms. The first kappa shape index (κ1) is 8.27. The number of aromatic nitrogens is 1. The minimum absolute atomic E-state index is 0.482. The number of oxazole rings is 1. The molecule has 0 aliphatic heterocycles. The number of nitrogens with zero attached hydrogens (tertiary/aromatic N) is 1. The van der Waals surface area contributed by atoms with Crippen molar-refractivity contribution in [2.24, 2.45) is 5.73 Å². The molecule has 0 aliphatic rings. The van der Waals surface area contributed by atoms with E-state index in [1.807, 2.05) is 0 Å². The van der Waals surface area contributed by atoms with Crippen LogP contribution in [0.5, 0.6) is 0 Å². The second kappa shape index (κ2) is 4.13. The molecule has 2 N–H and O–H groups in total. The van der Waals surface area contributed by atoms with Crippen LogP contribution in [0.3, 0.4) is 0 Å². The Labute approximate surface area is 66.6 Å². The lowest BCUT2D eigenvalue weighted by Gasteiger charge is -1.95. The monoisotopic (exact) mass is 154 g/mol. The molecule has 1 heterocycles. The van der Waals surface area contributed by atoms with Crippen LogP contribution in [-0.4, -0.2) is 4.98 Å². The Bertz CT molecular complexity index is 208. The van der Waals surface area contributed by atoms with Gasteiger partial charge in [0.1, 0.15) is 5.76 Å². The van der Waals surface area contributed by atoms with Crippen molar-refractivity contribution in [3.63, 3.8) is 0 Å². The molecule has 0 saturated heterocycles. The zero-order chi connectivity index (χ0) is 8.10. The number of aryl methyl sites for hydroxylation is 1. The van der Waals surface area contributed by atoms with Crippen LogP contribution in [0.25, 0.3) is 0 Å². The summed E-state index contributed by atoms with van der Waals surface area (Å²) in [7, 11) is 0. The summed E-state index contributed by atoms with van der Waals surface area (Å²) in [6.07, 6.45) is 4.74. The highest BCUT2D eigenvalue weighted by molar-refractivity contribution is 5.06. The fourth-order valence-electron chi connectivity index (χ4n) is 1.00. The summed E-state index contributed by atoms with van der Waals surface area (Å²) in [5.74, 6) is 0.953. The lowest BCUT2D eigenvalue weighted by Crippen LogP contribution is -2.00. The summed E-state index contributed by atoms with van der Waals surface area (Å²) in [6, 6.07) is 0. The van der Waals surface area contributed by atoms with Crippen LogP contribution in [-0.2, 0) is 13.0 Å². The van der Waals surface area contributed by atoms with Gasteiger partial charge in [-0.05, 0) is 6.42 Å². The molecule has 0 amide bonds. The van der Waals surface area contributed by atoms with Crippen molar-refractivity contribution in [2.75, 3.05) is 0 Å². The van der Waals surface area contributed by atoms with Crippen LogP contribution < -0.4 is 5.73 Å². The minimum atomic E-state index is 0.482. The van der Waals surface area contributed by atoms with Gasteiger partial charge in [-0.2, -0.15) is 0 Å². The van der Waals surface area contributed by atoms with E-state index in [0.29, 0.717) is 6.54 Å². The average molecular weight is 154 g/mol. The molecule has 0 fully saturated rings. The van der Waals surface area contributed by atoms with Gasteiger partial charge in [-0.15, -0.1) is 0 Å². The van der Waals surface area contributed by atoms with Gasteiger partial charge < -0.3 is 10.2 Å². The minimum Gasteiger partial charge on any atom is -0.448 e. The van der Waals surface area contributed by atoms with E-state index in [-0.39, 0.29) is 0 Å². The van der Waals surface area contributed by atoms with E-state index in [1.165, 1.54) is 12.8 Å². The molecule has 0 unspecified atom stereocenters. The van der Waals surface area contributed by atoms with Crippen LogP contribution in [0.4, 0.5) is 0 Å². The Morgan fingerprint density at radius 1 is 1.64 bits per heavy atom. The smallest absolute Gasteiger partial charge is 0.181 e. The summed E-state index contributed by atoms with van der Waals surface area (Å²) >= 11 is 0. The van der Waals surface area contributed by atoms with E-state index in [4.69, 9.17) is 10.2 Å². The van der Waals surface area contributed by atoms with E-state index in [2.05, 4.69) is 11.9 Å². The molecule has 0 bridgehead atoms. The summed E-state index contributed by atoms with van der Waals surface area (Å²) in [5, 5.41) is 0. The number of nitrogens with two attached hydrogens (primary N) is 1. The highest BCUT2D eigenvalue weighted by atomic mass is 16.3. The molecule has 62 valence electrons. The van der Waals surface area contributed by atoms with Crippen molar-refractivity contribution in [3.8, 4) is 0 Å². The average Bonchev–Trinajstić information content (AvgIpc) is 2.47. The number of rotatable bonds is 4. The molecular weight excluding hydrogens is 140 g/mol. The van der Waals surface area contributed by atoms with Crippen LogP contribution in [0.15, 0.2) is 10.8 Å². The van der Waals surface area contributed by atoms with Gasteiger partial charge in [-0.25, -0.2) is 4.98 Å². The largest absolute Gasteiger partial charge is 0.448 e. The van der Waals surface area contributed by atoms with Gasteiger partial charge in [0.25, 0.3) is 0 Å². The van der Waals surface area contributed by atoms with E-state index in [9.17, 15) is 0 Å². The second-order valence-corrected chi connectivity index (χ2v) is 2.53. The molecule has 0 saturated carbocycles. The molecule has 0 aliphatic carbocycles. The van der Waals surface area contributed by atoms with Crippen molar-refractivity contribution >= 4 is 0 Å². The number of hydrogen-bond donors (Lipinski definition) is 1. The van der Waals surface area contributed by atoms with Crippen LogP contribution in [0.1, 0.15) is 31.2 Å². The third-order valence-electron chi connectivity index (χ3n) is 1.68. The van der Waals surface area contributed by atoms with E-state index in [1.54, 1.807) is 0 Å². The third-order valence-corrected chi connectivity index (χ3v) is 1.68. The van der Waals surface area contributed by atoms with E-state index in [0.717, 1.165) is 24.3 Å². The molecule has 0 spiro atoms.